The molecular weight excluding hydrogens is 264 g/mol. The van der Waals surface area contributed by atoms with Gasteiger partial charge in [-0.05, 0) is 30.9 Å². The van der Waals surface area contributed by atoms with E-state index in [2.05, 4.69) is 10.6 Å². The van der Waals surface area contributed by atoms with Crippen molar-refractivity contribution in [3.05, 3.63) is 29.3 Å². The molecule has 0 bridgehead atoms. The predicted octanol–water partition coefficient (Wildman–Crippen LogP) is 3.02. The average molecular weight is 286 g/mol. The SMILES string of the molecule is Cc1cccc2c1C(=O)NC(CC1CCCCC1)C(=O)N2. The molecule has 2 aliphatic rings. The van der Waals surface area contributed by atoms with Gasteiger partial charge >= 0.3 is 0 Å². The zero-order valence-electron chi connectivity index (χ0n) is 12.4. The maximum absolute atomic E-state index is 12.4. The van der Waals surface area contributed by atoms with Gasteiger partial charge in [0.15, 0.2) is 0 Å². The quantitative estimate of drug-likeness (QED) is 0.878. The third kappa shape index (κ3) is 2.94. The van der Waals surface area contributed by atoms with E-state index in [-0.39, 0.29) is 11.8 Å². The van der Waals surface area contributed by atoms with E-state index in [0.717, 1.165) is 12.0 Å². The van der Waals surface area contributed by atoms with E-state index in [0.29, 0.717) is 17.2 Å². The van der Waals surface area contributed by atoms with E-state index in [9.17, 15) is 9.59 Å². The predicted molar refractivity (Wildman–Crippen MR) is 82.3 cm³/mol. The highest BCUT2D eigenvalue weighted by molar-refractivity contribution is 6.10. The zero-order chi connectivity index (χ0) is 14.8. The van der Waals surface area contributed by atoms with Gasteiger partial charge in [0, 0.05) is 0 Å². The highest BCUT2D eigenvalue weighted by Gasteiger charge is 2.30. The van der Waals surface area contributed by atoms with E-state index in [1.165, 1.54) is 32.1 Å². The number of carbonyl (C=O) groups is 2. The van der Waals surface area contributed by atoms with Crippen molar-refractivity contribution < 1.29 is 9.59 Å². The maximum atomic E-state index is 12.4. The minimum Gasteiger partial charge on any atom is -0.340 e. The summed E-state index contributed by atoms with van der Waals surface area (Å²) in [7, 11) is 0. The number of rotatable bonds is 2. The lowest BCUT2D eigenvalue weighted by molar-refractivity contribution is -0.118. The first kappa shape index (κ1) is 14.1. The molecule has 3 rings (SSSR count). The number of carbonyl (C=O) groups excluding carboxylic acids is 2. The minimum absolute atomic E-state index is 0.0849. The van der Waals surface area contributed by atoms with E-state index in [1.807, 2.05) is 19.1 Å². The molecule has 0 spiro atoms. The van der Waals surface area contributed by atoms with Crippen molar-refractivity contribution in [1.29, 1.82) is 0 Å². The molecule has 4 heteroatoms. The largest absolute Gasteiger partial charge is 0.340 e. The van der Waals surface area contributed by atoms with Crippen molar-refractivity contribution in [2.24, 2.45) is 5.92 Å². The van der Waals surface area contributed by atoms with E-state index in [4.69, 9.17) is 0 Å². The molecule has 0 saturated heterocycles. The van der Waals surface area contributed by atoms with Crippen LogP contribution in [0.25, 0.3) is 0 Å². The molecule has 112 valence electrons. The topological polar surface area (TPSA) is 58.2 Å². The Balaban J connectivity index is 1.79. The third-order valence-corrected chi connectivity index (χ3v) is 4.67. The average Bonchev–Trinajstić information content (AvgIpc) is 2.58. The van der Waals surface area contributed by atoms with Crippen molar-refractivity contribution in [2.45, 2.75) is 51.5 Å². The van der Waals surface area contributed by atoms with Crippen LogP contribution in [0.2, 0.25) is 0 Å². The summed E-state index contributed by atoms with van der Waals surface area (Å²) in [5.41, 5.74) is 2.12. The second-order valence-corrected chi connectivity index (χ2v) is 6.25. The van der Waals surface area contributed by atoms with Crippen molar-refractivity contribution in [2.75, 3.05) is 5.32 Å². The van der Waals surface area contributed by atoms with Crippen molar-refractivity contribution in [3.63, 3.8) is 0 Å². The number of amides is 2. The van der Waals surface area contributed by atoms with Crippen LogP contribution in [0.5, 0.6) is 0 Å². The van der Waals surface area contributed by atoms with Gasteiger partial charge in [-0.15, -0.1) is 0 Å². The molecule has 2 amide bonds. The Hall–Kier alpha value is -1.84. The molecule has 4 nitrogen and oxygen atoms in total. The fourth-order valence-electron chi connectivity index (χ4n) is 3.51. The number of nitrogens with one attached hydrogen (secondary N) is 2. The molecular formula is C17H22N2O2. The normalized spacial score (nSPS) is 23.0. The number of fused-ring (bicyclic) bond motifs is 1. The molecule has 1 aromatic rings. The first-order valence-corrected chi connectivity index (χ1v) is 7.86. The van der Waals surface area contributed by atoms with E-state index < -0.39 is 6.04 Å². The Kier molecular flexibility index (Phi) is 3.95. The fraction of sp³-hybridized carbons (Fsp3) is 0.529. The lowest BCUT2D eigenvalue weighted by atomic mass is 9.84. The minimum atomic E-state index is -0.410. The van der Waals surface area contributed by atoms with Crippen LogP contribution in [0.4, 0.5) is 5.69 Å². The Labute approximate surface area is 125 Å². The Morgan fingerprint density at radius 2 is 1.90 bits per heavy atom. The van der Waals surface area contributed by atoms with Gasteiger partial charge in [0.1, 0.15) is 6.04 Å². The molecule has 1 heterocycles. The van der Waals surface area contributed by atoms with Crippen molar-refractivity contribution in [3.8, 4) is 0 Å². The van der Waals surface area contributed by atoms with Gasteiger partial charge in [-0.1, -0.05) is 44.2 Å². The summed E-state index contributed by atoms with van der Waals surface area (Å²) in [5.74, 6) is 0.331. The van der Waals surface area contributed by atoms with Crippen molar-refractivity contribution in [1.82, 2.24) is 5.32 Å². The Morgan fingerprint density at radius 1 is 1.14 bits per heavy atom. The third-order valence-electron chi connectivity index (χ3n) is 4.67. The Morgan fingerprint density at radius 3 is 2.67 bits per heavy atom. The van der Waals surface area contributed by atoms with Gasteiger partial charge in [0.2, 0.25) is 5.91 Å². The van der Waals surface area contributed by atoms with Crippen LogP contribution in [-0.2, 0) is 4.79 Å². The number of hydrogen-bond acceptors (Lipinski definition) is 2. The second kappa shape index (κ2) is 5.88. The summed E-state index contributed by atoms with van der Waals surface area (Å²) >= 11 is 0. The van der Waals surface area contributed by atoms with Gasteiger partial charge in [-0.25, -0.2) is 0 Å². The maximum Gasteiger partial charge on any atom is 0.254 e. The van der Waals surface area contributed by atoms with Gasteiger partial charge in [0.25, 0.3) is 5.91 Å². The number of benzene rings is 1. The van der Waals surface area contributed by atoms with Crippen LogP contribution in [-0.4, -0.2) is 17.9 Å². The smallest absolute Gasteiger partial charge is 0.254 e. The highest BCUT2D eigenvalue weighted by Crippen LogP contribution is 2.29. The monoisotopic (exact) mass is 286 g/mol. The van der Waals surface area contributed by atoms with Gasteiger partial charge < -0.3 is 10.6 Å². The van der Waals surface area contributed by atoms with Gasteiger partial charge in [-0.3, -0.25) is 9.59 Å². The van der Waals surface area contributed by atoms with E-state index >= 15 is 0 Å². The molecule has 2 N–H and O–H groups in total. The van der Waals surface area contributed by atoms with Crippen LogP contribution in [0.15, 0.2) is 18.2 Å². The molecule has 1 fully saturated rings. The second-order valence-electron chi connectivity index (χ2n) is 6.25. The molecule has 0 radical (unpaired) electrons. The lowest BCUT2D eigenvalue weighted by Gasteiger charge is -2.25. The van der Waals surface area contributed by atoms with Crippen LogP contribution in [0.3, 0.4) is 0 Å². The number of aryl methyl sites for hydroxylation is 1. The molecule has 1 atom stereocenters. The summed E-state index contributed by atoms with van der Waals surface area (Å²) < 4.78 is 0. The standard InChI is InChI=1S/C17H22N2O2/c1-11-6-5-9-13-15(11)17(21)19-14(16(20)18-13)10-12-7-3-2-4-8-12/h5-6,9,12,14H,2-4,7-8,10H2,1H3,(H,18,20)(H,19,21). The van der Waals surface area contributed by atoms with Crippen LogP contribution in [0.1, 0.15) is 54.4 Å². The van der Waals surface area contributed by atoms with Crippen LogP contribution in [0, 0.1) is 12.8 Å². The van der Waals surface area contributed by atoms with Gasteiger partial charge in [0.05, 0.1) is 11.3 Å². The van der Waals surface area contributed by atoms with Crippen LogP contribution >= 0.6 is 0 Å². The molecule has 1 aliphatic heterocycles. The summed E-state index contributed by atoms with van der Waals surface area (Å²) in [6, 6.07) is 5.14. The number of anilines is 1. The lowest BCUT2D eigenvalue weighted by Crippen LogP contribution is -2.42. The highest BCUT2D eigenvalue weighted by atomic mass is 16.2. The molecule has 21 heavy (non-hydrogen) atoms. The first-order valence-electron chi connectivity index (χ1n) is 7.86. The van der Waals surface area contributed by atoms with Gasteiger partial charge in [-0.2, -0.15) is 0 Å². The summed E-state index contributed by atoms with van der Waals surface area (Å²) in [5, 5.41) is 5.83. The van der Waals surface area contributed by atoms with E-state index in [1.54, 1.807) is 6.07 Å². The molecule has 1 unspecified atom stereocenters. The number of hydrogen-bond donors (Lipinski definition) is 2. The molecule has 1 aromatic carbocycles. The zero-order valence-corrected chi connectivity index (χ0v) is 12.4. The summed E-state index contributed by atoms with van der Waals surface area (Å²) in [6.07, 6.45) is 6.88. The van der Waals surface area contributed by atoms with Crippen molar-refractivity contribution >= 4 is 17.5 Å². The fourth-order valence-corrected chi connectivity index (χ4v) is 3.51. The first-order chi connectivity index (χ1) is 10.1. The molecule has 1 saturated carbocycles. The molecule has 0 aromatic heterocycles. The Bertz CT molecular complexity index is 562. The summed E-state index contributed by atoms with van der Waals surface area (Å²) in [4.78, 5) is 24.8. The molecule has 1 aliphatic carbocycles. The van der Waals surface area contributed by atoms with Crippen LogP contribution < -0.4 is 10.6 Å². The summed E-state index contributed by atoms with van der Waals surface area (Å²) in [6.45, 7) is 1.89.